The van der Waals surface area contributed by atoms with Crippen molar-refractivity contribution in [3.8, 4) is 0 Å². The molecule has 1 atom stereocenters. The summed E-state index contributed by atoms with van der Waals surface area (Å²) in [7, 11) is 1.80. The molecule has 4 nitrogen and oxygen atoms in total. The van der Waals surface area contributed by atoms with E-state index in [1.165, 1.54) is 5.56 Å². The third-order valence-electron chi connectivity index (χ3n) is 3.51. The van der Waals surface area contributed by atoms with Gasteiger partial charge in [-0.25, -0.2) is 4.79 Å². The fourth-order valence-electron chi connectivity index (χ4n) is 2.41. The number of aliphatic hydroxyl groups excluding tert-OH is 1. The Labute approximate surface area is 108 Å². The van der Waals surface area contributed by atoms with Crippen LogP contribution < -0.4 is 0 Å². The summed E-state index contributed by atoms with van der Waals surface area (Å²) in [6.45, 7) is 3.21. The molecular weight excluding hydrogens is 228 g/mol. The summed E-state index contributed by atoms with van der Waals surface area (Å²) in [5.41, 5.74) is 2.43. The van der Waals surface area contributed by atoms with E-state index in [0.29, 0.717) is 13.1 Å². The third kappa shape index (κ3) is 2.34. The number of aliphatic hydroxyl groups is 1. The smallest absolute Gasteiger partial charge is 0.320 e. The molecule has 0 aliphatic carbocycles. The van der Waals surface area contributed by atoms with Crippen LogP contribution in [0.5, 0.6) is 0 Å². The minimum atomic E-state index is -0.00591. The molecule has 2 rings (SSSR count). The molecule has 0 saturated carbocycles. The van der Waals surface area contributed by atoms with Gasteiger partial charge in [-0.05, 0) is 17.5 Å². The minimum Gasteiger partial charge on any atom is -0.395 e. The van der Waals surface area contributed by atoms with Gasteiger partial charge >= 0.3 is 6.03 Å². The van der Waals surface area contributed by atoms with E-state index in [1.54, 1.807) is 16.8 Å². The Hall–Kier alpha value is -1.55. The zero-order valence-corrected chi connectivity index (χ0v) is 11.0. The molecule has 2 amide bonds. The lowest BCUT2D eigenvalue weighted by Gasteiger charge is -2.22. The molecule has 0 aromatic heterocycles. The van der Waals surface area contributed by atoms with Crippen molar-refractivity contribution in [3.05, 3.63) is 35.4 Å². The number of carbonyl (C=O) groups is 1. The first-order chi connectivity index (χ1) is 8.67. The highest BCUT2D eigenvalue weighted by atomic mass is 16.3. The maximum Gasteiger partial charge on any atom is 0.320 e. The fraction of sp³-hybridized carbons (Fsp3) is 0.500. The highest BCUT2D eigenvalue weighted by Crippen LogP contribution is 2.28. The molecule has 1 aromatic rings. The number of amides is 2. The molecule has 1 aliphatic heterocycles. The van der Waals surface area contributed by atoms with Crippen LogP contribution in [0.2, 0.25) is 0 Å². The van der Waals surface area contributed by atoms with E-state index in [1.807, 2.05) is 0 Å². The SMILES string of the molecule is CCc1ccc(C2CN(C)C(=O)N2CCO)cc1. The molecule has 1 heterocycles. The molecule has 1 aliphatic rings. The molecular formula is C14H20N2O2. The zero-order valence-electron chi connectivity index (χ0n) is 11.0. The average molecular weight is 248 g/mol. The quantitative estimate of drug-likeness (QED) is 0.880. The maximum absolute atomic E-state index is 11.9. The Morgan fingerprint density at radius 1 is 1.33 bits per heavy atom. The Morgan fingerprint density at radius 3 is 2.56 bits per heavy atom. The number of nitrogens with zero attached hydrogens (tertiary/aromatic N) is 2. The van der Waals surface area contributed by atoms with E-state index < -0.39 is 0 Å². The summed E-state index contributed by atoms with van der Waals surface area (Å²) < 4.78 is 0. The molecule has 0 bridgehead atoms. The molecule has 1 unspecified atom stereocenters. The van der Waals surface area contributed by atoms with Crippen LogP contribution in [-0.4, -0.2) is 47.7 Å². The standard InChI is InChI=1S/C14H20N2O2/c1-3-11-4-6-12(7-5-11)13-10-15(2)14(18)16(13)8-9-17/h4-7,13,17H,3,8-10H2,1-2H3. The summed E-state index contributed by atoms with van der Waals surface area (Å²) in [6, 6.07) is 8.43. The first kappa shape index (κ1) is 12.9. The molecule has 1 N–H and O–H groups in total. The Kier molecular flexibility index (Phi) is 3.87. The van der Waals surface area contributed by atoms with Gasteiger partial charge in [-0.3, -0.25) is 0 Å². The van der Waals surface area contributed by atoms with Gasteiger partial charge in [0.2, 0.25) is 0 Å². The number of likely N-dealkylation sites (N-methyl/N-ethyl adjacent to an activating group) is 1. The second-order valence-electron chi connectivity index (χ2n) is 4.69. The number of carbonyl (C=O) groups excluding carboxylic acids is 1. The molecule has 0 spiro atoms. The molecule has 0 radical (unpaired) electrons. The van der Waals surface area contributed by atoms with E-state index in [9.17, 15) is 4.79 Å². The number of hydrogen-bond donors (Lipinski definition) is 1. The molecule has 98 valence electrons. The van der Waals surface area contributed by atoms with Gasteiger partial charge in [0, 0.05) is 20.1 Å². The lowest BCUT2D eigenvalue weighted by atomic mass is 10.0. The highest BCUT2D eigenvalue weighted by molar-refractivity contribution is 5.77. The molecule has 4 heteroatoms. The van der Waals surface area contributed by atoms with Crippen molar-refractivity contribution in [2.75, 3.05) is 26.7 Å². The zero-order chi connectivity index (χ0) is 13.1. The van der Waals surface area contributed by atoms with Gasteiger partial charge < -0.3 is 14.9 Å². The number of β-amino-alcohol motifs (C(OH)–C–C–N with tert-alkyl or cyclic N) is 1. The largest absolute Gasteiger partial charge is 0.395 e. The Morgan fingerprint density at radius 2 is 2.00 bits per heavy atom. The number of aryl methyl sites for hydroxylation is 1. The lowest BCUT2D eigenvalue weighted by Crippen LogP contribution is -2.33. The number of rotatable bonds is 4. The first-order valence-corrected chi connectivity index (χ1v) is 6.38. The topological polar surface area (TPSA) is 43.8 Å². The van der Waals surface area contributed by atoms with Gasteiger partial charge in [-0.2, -0.15) is 0 Å². The monoisotopic (exact) mass is 248 g/mol. The van der Waals surface area contributed by atoms with Crippen LogP contribution in [0.3, 0.4) is 0 Å². The number of benzene rings is 1. The van der Waals surface area contributed by atoms with Crippen molar-refractivity contribution in [2.45, 2.75) is 19.4 Å². The van der Waals surface area contributed by atoms with Crippen molar-refractivity contribution in [1.29, 1.82) is 0 Å². The van der Waals surface area contributed by atoms with Gasteiger partial charge in [0.1, 0.15) is 0 Å². The molecule has 1 fully saturated rings. The molecule has 18 heavy (non-hydrogen) atoms. The van der Waals surface area contributed by atoms with Gasteiger partial charge in [0.15, 0.2) is 0 Å². The fourth-order valence-corrected chi connectivity index (χ4v) is 2.41. The summed E-state index contributed by atoms with van der Waals surface area (Å²) in [5, 5.41) is 9.07. The molecule has 1 saturated heterocycles. The second-order valence-corrected chi connectivity index (χ2v) is 4.69. The van der Waals surface area contributed by atoms with E-state index in [0.717, 1.165) is 12.0 Å². The third-order valence-corrected chi connectivity index (χ3v) is 3.51. The summed E-state index contributed by atoms with van der Waals surface area (Å²) in [6.07, 6.45) is 1.02. The van der Waals surface area contributed by atoms with Crippen LogP contribution in [-0.2, 0) is 6.42 Å². The van der Waals surface area contributed by atoms with Crippen LogP contribution in [0.25, 0.3) is 0 Å². The summed E-state index contributed by atoms with van der Waals surface area (Å²) in [5.74, 6) is 0. The predicted molar refractivity (Wildman–Crippen MR) is 70.4 cm³/mol. The van der Waals surface area contributed by atoms with Gasteiger partial charge in [-0.1, -0.05) is 31.2 Å². The Bertz CT molecular complexity index is 416. The first-order valence-electron chi connectivity index (χ1n) is 6.38. The van der Waals surface area contributed by atoms with Crippen molar-refractivity contribution < 1.29 is 9.90 Å². The van der Waals surface area contributed by atoms with Crippen molar-refractivity contribution in [1.82, 2.24) is 9.80 Å². The van der Waals surface area contributed by atoms with Gasteiger partial charge in [-0.15, -0.1) is 0 Å². The van der Waals surface area contributed by atoms with E-state index >= 15 is 0 Å². The normalized spacial score (nSPS) is 19.7. The highest BCUT2D eigenvalue weighted by Gasteiger charge is 2.35. The molecule has 1 aromatic carbocycles. The summed E-state index contributed by atoms with van der Waals surface area (Å²) in [4.78, 5) is 15.4. The van der Waals surface area contributed by atoms with Crippen LogP contribution in [0.15, 0.2) is 24.3 Å². The van der Waals surface area contributed by atoms with Crippen LogP contribution >= 0.6 is 0 Å². The van der Waals surface area contributed by atoms with Crippen LogP contribution in [0, 0.1) is 0 Å². The van der Waals surface area contributed by atoms with Crippen LogP contribution in [0.4, 0.5) is 4.79 Å². The van der Waals surface area contributed by atoms with E-state index in [-0.39, 0.29) is 18.7 Å². The van der Waals surface area contributed by atoms with Crippen molar-refractivity contribution in [3.63, 3.8) is 0 Å². The van der Waals surface area contributed by atoms with Gasteiger partial charge in [0.25, 0.3) is 0 Å². The van der Waals surface area contributed by atoms with E-state index in [2.05, 4.69) is 31.2 Å². The number of hydrogen-bond acceptors (Lipinski definition) is 2. The van der Waals surface area contributed by atoms with Crippen LogP contribution in [0.1, 0.15) is 24.1 Å². The van der Waals surface area contributed by atoms with Crippen molar-refractivity contribution >= 4 is 6.03 Å². The second kappa shape index (κ2) is 5.40. The maximum atomic E-state index is 11.9. The Balaban J connectivity index is 2.22. The van der Waals surface area contributed by atoms with Gasteiger partial charge in [0.05, 0.1) is 12.6 Å². The predicted octanol–water partition coefficient (Wildman–Crippen LogP) is 1.65. The minimum absolute atomic E-state index is 0.00310. The summed E-state index contributed by atoms with van der Waals surface area (Å²) >= 11 is 0. The lowest BCUT2D eigenvalue weighted by molar-refractivity contribution is 0.172. The van der Waals surface area contributed by atoms with Crippen molar-refractivity contribution in [2.24, 2.45) is 0 Å². The number of urea groups is 1. The average Bonchev–Trinajstić information content (AvgIpc) is 2.68. The van der Waals surface area contributed by atoms with E-state index in [4.69, 9.17) is 5.11 Å².